The summed E-state index contributed by atoms with van der Waals surface area (Å²) in [6.07, 6.45) is 0. The molecular weight excluding hydrogens is 242 g/mol. The highest BCUT2D eigenvalue weighted by Gasteiger charge is 2.19. The second-order valence-corrected chi connectivity index (χ2v) is 5.07. The zero-order chi connectivity index (χ0) is 14.7. The number of carboxylic acid groups (broad SMARTS) is 1. The third-order valence-electron chi connectivity index (χ3n) is 3.78. The first-order valence-electron chi connectivity index (χ1n) is 6.36. The number of hydrogen-bond acceptors (Lipinski definition) is 3. The molecule has 4 heteroatoms. The normalized spacial score (nSPS) is 12.6. The number of methoxy groups -OCH3 is 1. The zero-order valence-corrected chi connectivity index (χ0v) is 12.6. The van der Waals surface area contributed by atoms with Gasteiger partial charge in [-0.25, -0.2) is 0 Å². The number of hydrogen-bond donors (Lipinski definition) is 1. The van der Waals surface area contributed by atoms with Crippen LogP contribution in [0.15, 0.2) is 6.07 Å². The summed E-state index contributed by atoms with van der Waals surface area (Å²) in [4.78, 5) is 12.8. The summed E-state index contributed by atoms with van der Waals surface area (Å²) in [6.45, 7) is 8.40. The predicted octanol–water partition coefficient (Wildman–Crippen LogP) is 2.53. The minimum Gasteiger partial charge on any atom is -0.496 e. The molecule has 0 aromatic heterocycles. The molecule has 1 rings (SSSR count). The fraction of sp³-hybridized carbons (Fsp3) is 0.533. The molecule has 1 aromatic carbocycles. The van der Waals surface area contributed by atoms with Gasteiger partial charge in [0.1, 0.15) is 11.8 Å². The topological polar surface area (TPSA) is 49.8 Å². The molecule has 1 unspecified atom stereocenters. The molecular formula is C15H23NO3. The Morgan fingerprint density at radius 1 is 1.37 bits per heavy atom. The van der Waals surface area contributed by atoms with Gasteiger partial charge in [-0.05, 0) is 57.0 Å². The second-order valence-electron chi connectivity index (χ2n) is 5.07. The first kappa shape index (κ1) is 15.5. The molecule has 106 valence electrons. The summed E-state index contributed by atoms with van der Waals surface area (Å²) in [5, 5.41) is 9.03. The van der Waals surface area contributed by atoms with Crippen molar-refractivity contribution in [1.82, 2.24) is 4.90 Å². The van der Waals surface area contributed by atoms with Gasteiger partial charge in [0.25, 0.3) is 0 Å². The van der Waals surface area contributed by atoms with Crippen LogP contribution >= 0.6 is 0 Å². The van der Waals surface area contributed by atoms with E-state index >= 15 is 0 Å². The maximum absolute atomic E-state index is 11.0. The van der Waals surface area contributed by atoms with Crippen molar-refractivity contribution in [3.05, 3.63) is 28.3 Å². The van der Waals surface area contributed by atoms with Crippen molar-refractivity contribution in [3.8, 4) is 5.75 Å². The van der Waals surface area contributed by atoms with Gasteiger partial charge in [0.15, 0.2) is 0 Å². The van der Waals surface area contributed by atoms with E-state index in [9.17, 15) is 4.79 Å². The van der Waals surface area contributed by atoms with Crippen molar-refractivity contribution in [2.75, 3.05) is 14.2 Å². The standard InChI is InChI=1S/C15H23NO3/c1-9-7-13(8-16(5)12(4)15(17)18)10(2)11(3)14(9)19-6/h7,12H,8H2,1-6H3,(H,17,18). The Bertz CT molecular complexity index is 483. The zero-order valence-electron chi connectivity index (χ0n) is 12.6. The molecule has 1 N–H and O–H groups in total. The van der Waals surface area contributed by atoms with Crippen LogP contribution in [-0.4, -0.2) is 36.2 Å². The van der Waals surface area contributed by atoms with E-state index < -0.39 is 12.0 Å². The van der Waals surface area contributed by atoms with Gasteiger partial charge < -0.3 is 9.84 Å². The Morgan fingerprint density at radius 2 is 1.95 bits per heavy atom. The molecule has 4 nitrogen and oxygen atoms in total. The first-order valence-corrected chi connectivity index (χ1v) is 6.36. The fourth-order valence-corrected chi connectivity index (χ4v) is 2.21. The van der Waals surface area contributed by atoms with Crippen LogP contribution in [0.2, 0.25) is 0 Å². The molecule has 0 saturated carbocycles. The minimum absolute atomic E-state index is 0.498. The van der Waals surface area contributed by atoms with Crippen molar-refractivity contribution in [2.24, 2.45) is 0 Å². The molecule has 0 bridgehead atoms. The number of ether oxygens (including phenoxy) is 1. The highest BCUT2D eigenvalue weighted by Crippen LogP contribution is 2.29. The lowest BCUT2D eigenvalue weighted by molar-refractivity contribution is -0.142. The monoisotopic (exact) mass is 265 g/mol. The molecule has 1 atom stereocenters. The Balaban J connectivity index is 3.06. The lowest BCUT2D eigenvalue weighted by atomic mass is 9.98. The predicted molar refractivity (Wildman–Crippen MR) is 75.8 cm³/mol. The number of carboxylic acids is 1. The Labute approximate surface area is 115 Å². The number of nitrogens with zero attached hydrogens (tertiary/aromatic N) is 1. The van der Waals surface area contributed by atoms with Crippen molar-refractivity contribution >= 4 is 5.97 Å². The van der Waals surface area contributed by atoms with Gasteiger partial charge >= 0.3 is 5.97 Å². The van der Waals surface area contributed by atoms with Crippen molar-refractivity contribution in [1.29, 1.82) is 0 Å². The maximum atomic E-state index is 11.0. The highest BCUT2D eigenvalue weighted by atomic mass is 16.5. The number of likely N-dealkylation sites (N-methyl/N-ethyl adjacent to an activating group) is 1. The van der Waals surface area contributed by atoms with Crippen LogP contribution < -0.4 is 4.74 Å². The van der Waals surface area contributed by atoms with Gasteiger partial charge in [-0.2, -0.15) is 0 Å². The number of rotatable bonds is 5. The third-order valence-corrected chi connectivity index (χ3v) is 3.78. The van der Waals surface area contributed by atoms with Crippen LogP contribution in [0.4, 0.5) is 0 Å². The summed E-state index contributed by atoms with van der Waals surface area (Å²) in [5.74, 6) is 0.109. The highest BCUT2D eigenvalue weighted by molar-refractivity contribution is 5.72. The minimum atomic E-state index is -0.804. The molecule has 1 aromatic rings. The van der Waals surface area contributed by atoms with E-state index in [-0.39, 0.29) is 0 Å². The SMILES string of the molecule is COc1c(C)cc(CN(C)C(C)C(=O)O)c(C)c1C. The molecule has 0 spiro atoms. The van der Waals surface area contributed by atoms with Crippen LogP contribution in [-0.2, 0) is 11.3 Å². The van der Waals surface area contributed by atoms with Crippen molar-refractivity contribution in [3.63, 3.8) is 0 Å². The average Bonchev–Trinajstić information content (AvgIpc) is 2.35. The van der Waals surface area contributed by atoms with Gasteiger partial charge in [0.05, 0.1) is 7.11 Å². The van der Waals surface area contributed by atoms with Crippen LogP contribution in [0.1, 0.15) is 29.2 Å². The number of aryl methyl sites for hydroxylation is 1. The molecule has 0 aliphatic rings. The maximum Gasteiger partial charge on any atom is 0.320 e. The molecule has 0 amide bonds. The third kappa shape index (κ3) is 3.26. The molecule has 0 heterocycles. The second kappa shape index (κ2) is 6.06. The summed E-state index contributed by atoms with van der Waals surface area (Å²) in [5.41, 5.74) is 4.50. The van der Waals surface area contributed by atoms with E-state index in [1.54, 1.807) is 14.0 Å². The molecule has 0 fully saturated rings. The average molecular weight is 265 g/mol. The van der Waals surface area contributed by atoms with E-state index in [4.69, 9.17) is 9.84 Å². The number of carbonyl (C=O) groups is 1. The quantitative estimate of drug-likeness (QED) is 0.888. The van der Waals surface area contributed by atoms with Gasteiger partial charge in [0, 0.05) is 6.54 Å². The van der Waals surface area contributed by atoms with E-state index in [0.29, 0.717) is 6.54 Å². The fourth-order valence-electron chi connectivity index (χ4n) is 2.21. The Hall–Kier alpha value is -1.55. The molecule has 0 aliphatic heterocycles. The molecule has 0 saturated heterocycles. The van der Waals surface area contributed by atoms with Crippen LogP contribution in [0.3, 0.4) is 0 Å². The largest absolute Gasteiger partial charge is 0.496 e. The van der Waals surface area contributed by atoms with Gasteiger partial charge in [0.2, 0.25) is 0 Å². The number of aliphatic carboxylic acids is 1. The van der Waals surface area contributed by atoms with Gasteiger partial charge in [-0.1, -0.05) is 6.07 Å². The molecule has 0 radical (unpaired) electrons. The molecule has 19 heavy (non-hydrogen) atoms. The lowest BCUT2D eigenvalue weighted by Crippen LogP contribution is -2.35. The Morgan fingerprint density at radius 3 is 2.42 bits per heavy atom. The summed E-state index contributed by atoms with van der Waals surface area (Å²) in [6, 6.07) is 1.58. The van der Waals surface area contributed by atoms with E-state index in [1.807, 2.05) is 32.7 Å². The Kier molecular flexibility index (Phi) is 4.95. The summed E-state index contributed by atoms with van der Waals surface area (Å²) >= 11 is 0. The lowest BCUT2D eigenvalue weighted by Gasteiger charge is -2.23. The van der Waals surface area contributed by atoms with Crippen LogP contribution in [0, 0.1) is 20.8 Å². The number of benzene rings is 1. The van der Waals surface area contributed by atoms with Crippen molar-refractivity contribution < 1.29 is 14.6 Å². The van der Waals surface area contributed by atoms with E-state index in [2.05, 4.69) is 6.07 Å². The smallest absolute Gasteiger partial charge is 0.320 e. The molecule has 0 aliphatic carbocycles. The summed E-state index contributed by atoms with van der Waals surface area (Å²) < 4.78 is 5.39. The van der Waals surface area contributed by atoms with E-state index in [1.165, 1.54) is 0 Å². The van der Waals surface area contributed by atoms with Crippen LogP contribution in [0.5, 0.6) is 5.75 Å². The first-order chi connectivity index (χ1) is 8.79. The van der Waals surface area contributed by atoms with Gasteiger partial charge in [-0.15, -0.1) is 0 Å². The van der Waals surface area contributed by atoms with Crippen molar-refractivity contribution in [2.45, 2.75) is 40.3 Å². The van der Waals surface area contributed by atoms with Gasteiger partial charge in [-0.3, -0.25) is 9.69 Å². The summed E-state index contributed by atoms with van der Waals surface area (Å²) in [7, 11) is 3.50. The van der Waals surface area contributed by atoms with E-state index in [0.717, 1.165) is 28.0 Å². The van der Waals surface area contributed by atoms with Crippen LogP contribution in [0.25, 0.3) is 0 Å².